The molecule has 0 unspecified atom stereocenters. The van der Waals surface area contributed by atoms with E-state index in [0.29, 0.717) is 59.1 Å². The second-order valence-electron chi connectivity index (χ2n) is 43.2. The first-order valence-corrected chi connectivity index (χ1v) is 53.0. The molecule has 4 saturated carbocycles. The highest BCUT2D eigenvalue weighted by Crippen LogP contribution is 2.43. The van der Waals surface area contributed by atoms with Gasteiger partial charge in [-0.3, -0.25) is 4.79 Å². The number of nitrogens with two attached hydrogens (primary N) is 2. The number of epoxide rings is 1. The molecule has 19 nitrogen and oxygen atoms in total. The summed E-state index contributed by atoms with van der Waals surface area (Å²) in [6.45, 7) is 30.8. The van der Waals surface area contributed by atoms with Crippen LogP contribution in [-0.2, 0) is 73.9 Å². The fourth-order valence-corrected chi connectivity index (χ4v) is 19.5. The zero-order valence-corrected chi connectivity index (χ0v) is 94.9. The van der Waals surface area contributed by atoms with Crippen LogP contribution in [0.4, 0.5) is 44.7 Å². The number of rotatable bonds is 32. The molecule has 8 atom stereocenters. The van der Waals surface area contributed by atoms with Gasteiger partial charge in [0.2, 0.25) is 5.91 Å². The third kappa shape index (κ3) is 46.1. The van der Waals surface area contributed by atoms with Gasteiger partial charge in [-0.2, -0.15) is 0 Å². The number of amides is 3. The fraction of sp³-hybridized carbons (Fsp3) is 0.538. The quantitative estimate of drug-likeness (QED) is 0.0106. The standard InChI is InChI=1S/C30H42F2N2O3.C27H36F2N2O2.C25H34F2N2O.C15H19F2NO3.C15H23N.C4H6N2.CH2Cl2.4ClH/c1-20(2)22-10-9-11-23(17-22)30(12-7-6-8-13-30)33-19-27(35)26(34-28(36)37-29(3,4)5)16-21-14-24(31)18-25(32)15-21;1-18(2)21-8-7-9-22(15-21)27(10-5-4-6-11-27)30-17-26(33)25(31-19(3)32)14-20-12-23(28)16-24(29)13-20;1-17(2)19-7-6-8-20(14-19)25(9-4-3-5-10-25)29-16-24(30)23(28)13-18-11-21(26)15-22(27)12-18;1-15(2,3)21-14(19)18-12(13-8-20-13)6-9-4-10(16)7-11(17)5-9;1-12(2)13-7-6-8-14(11-13)15(16)9-4-3-5-10-15;1-6-3-2-5-4-6;2-1-3;;;;/h9-11,14-15,17-18,20,26-27,33,35H,6-8,12-13,16,19H2,1-5H3,(H,34,36);7-9,12-13,15-16,18,25-26,30,33H,4-6,10-11,14,17H2,1-3H3,(H,31,32);6-8,11-12,14-15,17,23-24,29-30H,3-5,9-10,13,16,28H2,1-2H3;4-5,7,12-13H,6,8H2,1-3H3,(H,18,19);6-8,11-12H,3-5,9-10,16H2,1-2H3;2-4H,1H3;1H2;4*1H/t26-,27+;25-,26+;23-,24+;12-,13+;;;;;;;/m0000......./s1. The molecule has 150 heavy (non-hydrogen) atoms. The normalized spacial score (nSPS) is 17.1. The lowest BCUT2D eigenvalue weighted by atomic mass is 9.75. The van der Waals surface area contributed by atoms with Crippen LogP contribution in [0, 0.1) is 46.5 Å². The number of hydrogen-bond donors (Lipinski definition) is 11. The maximum atomic E-state index is 13.9. The number of hydrogen-bond acceptors (Lipinski definition) is 15. The van der Waals surface area contributed by atoms with Gasteiger partial charge < -0.3 is 77.5 Å². The molecule has 13 N–H and O–H groups in total. The smallest absolute Gasteiger partial charge is 0.407 e. The maximum absolute atomic E-state index is 13.9. The third-order valence-electron chi connectivity index (χ3n) is 27.4. The van der Waals surface area contributed by atoms with E-state index in [-0.39, 0.29) is 134 Å². The average molecular weight is 2220 g/mol. The number of aliphatic hydroxyl groups is 3. The molecule has 8 aromatic carbocycles. The van der Waals surface area contributed by atoms with Crippen LogP contribution in [-0.4, -0.2) is 134 Å². The second-order valence-corrected chi connectivity index (χ2v) is 44.0. The highest BCUT2D eigenvalue weighted by atomic mass is 35.5. The SMILES string of the molecule is CC(=O)N[C@@H](Cc1cc(F)cc(F)c1)[C@H](O)CNC1(c2cccc(C(C)C)c2)CCCCC1.CC(C)(C)OC(=O)N[C@@H](Cc1cc(F)cc(F)c1)[C@H]1CO1.CC(C)c1cccc(C2(N)CCCCC2)c1.CC(C)c1cccc(C2(NC[C@@H](O)[C@@H](N)Cc3cc(F)cc(F)c3)CCCCC2)c1.CC(C)c1cccc(C2(NC[C@@H](O)[C@H](Cc3cc(F)cc(F)c3)NC(=O)OC(C)(C)C)CCCCC2)c1.Cl.Cl.Cl.Cl.ClCCl.Cn1ccnc1. The molecule has 1 aliphatic heterocycles. The number of aryl methyl sites for hydroxylation is 1. The summed E-state index contributed by atoms with van der Waals surface area (Å²) < 4.78 is 126. The van der Waals surface area contributed by atoms with E-state index in [9.17, 15) is 64.8 Å². The molecule has 5 aliphatic rings. The summed E-state index contributed by atoms with van der Waals surface area (Å²) >= 11 is 9.53. The topological polar surface area (TPSA) is 285 Å². The van der Waals surface area contributed by atoms with E-state index in [1.54, 1.807) is 54.1 Å². The van der Waals surface area contributed by atoms with Gasteiger partial charge in [0, 0.05) is 98.5 Å². The number of carbonyl (C=O) groups excluding carboxylic acids is 3. The average Bonchev–Trinajstić information content (AvgIpc) is 0.945. The van der Waals surface area contributed by atoms with Gasteiger partial charge in [0.15, 0.2) is 0 Å². The lowest BCUT2D eigenvalue weighted by molar-refractivity contribution is -0.120. The number of benzene rings is 8. The molecular weight excluding hydrogens is 2050 g/mol. The van der Waals surface area contributed by atoms with Crippen LogP contribution in [0.3, 0.4) is 0 Å². The molecule has 4 aliphatic carbocycles. The van der Waals surface area contributed by atoms with E-state index < -0.39 is 106 Å². The minimum atomic E-state index is -1.02. The van der Waals surface area contributed by atoms with Crippen molar-refractivity contribution in [1.29, 1.82) is 0 Å². The number of nitrogens with one attached hydrogen (secondary N) is 6. The summed E-state index contributed by atoms with van der Waals surface area (Å²) in [6.07, 6.45) is 24.2. The number of imidazole rings is 1. The Morgan fingerprint density at radius 1 is 0.427 bits per heavy atom. The van der Waals surface area contributed by atoms with E-state index in [1.807, 2.05) is 17.8 Å². The summed E-state index contributed by atoms with van der Waals surface area (Å²) in [7, 11) is 1.94. The number of nitrogens with zero attached hydrogens (tertiary/aromatic N) is 2. The molecule has 33 heteroatoms. The van der Waals surface area contributed by atoms with Gasteiger partial charge in [-0.15, -0.1) is 72.8 Å². The molecular formula is C117H166Cl6F8N10O9. The van der Waals surface area contributed by atoms with E-state index >= 15 is 0 Å². The molecule has 1 saturated heterocycles. The first-order chi connectivity index (χ1) is 69.0. The van der Waals surface area contributed by atoms with E-state index in [1.165, 1.54) is 138 Å². The van der Waals surface area contributed by atoms with Crippen molar-refractivity contribution in [2.75, 3.05) is 31.6 Å². The Bertz CT molecular complexity index is 5390. The molecule has 0 bridgehead atoms. The number of ether oxygens (including phenoxy) is 3. The van der Waals surface area contributed by atoms with Crippen LogP contribution in [0.25, 0.3) is 0 Å². The molecule has 2 heterocycles. The van der Waals surface area contributed by atoms with Crippen LogP contribution >= 0.6 is 72.8 Å². The molecule has 0 spiro atoms. The van der Waals surface area contributed by atoms with Crippen molar-refractivity contribution in [1.82, 2.24) is 41.5 Å². The number of halogens is 14. The Balaban J connectivity index is 0.000000387. The summed E-state index contributed by atoms with van der Waals surface area (Å²) in [5.41, 5.74) is 22.6. The molecule has 14 rings (SSSR count). The van der Waals surface area contributed by atoms with E-state index in [0.717, 1.165) is 114 Å². The first-order valence-electron chi connectivity index (χ1n) is 52.0. The number of alkyl halides is 2. The zero-order chi connectivity index (χ0) is 107. The third-order valence-corrected chi connectivity index (χ3v) is 27.4. The largest absolute Gasteiger partial charge is 0.444 e. The van der Waals surface area contributed by atoms with Crippen LogP contribution in [0.1, 0.15) is 323 Å². The van der Waals surface area contributed by atoms with Crippen LogP contribution in [0.2, 0.25) is 0 Å². The molecule has 0 radical (unpaired) electrons. The van der Waals surface area contributed by atoms with Gasteiger partial charge in [-0.05, 0) is 258 Å². The van der Waals surface area contributed by atoms with Crippen molar-refractivity contribution in [3.8, 4) is 0 Å². The van der Waals surface area contributed by atoms with Crippen molar-refractivity contribution >= 4 is 90.9 Å². The predicted octanol–water partition coefficient (Wildman–Crippen LogP) is 26.3. The minimum absolute atomic E-state index is 0. The van der Waals surface area contributed by atoms with Crippen molar-refractivity contribution in [3.63, 3.8) is 0 Å². The molecule has 9 aromatic rings. The van der Waals surface area contributed by atoms with E-state index in [4.69, 9.17) is 48.9 Å². The van der Waals surface area contributed by atoms with Gasteiger partial charge in [0.1, 0.15) is 63.8 Å². The Labute approximate surface area is 920 Å². The zero-order valence-electron chi connectivity index (χ0n) is 90.1. The maximum Gasteiger partial charge on any atom is 0.407 e. The number of alkyl carbamates (subject to hydrolysis) is 2. The van der Waals surface area contributed by atoms with Crippen LogP contribution < -0.4 is 43.4 Å². The van der Waals surface area contributed by atoms with Crippen LogP contribution in [0.15, 0.2) is 189 Å². The molecule has 1 aromatic heterocycles. The lowest BCUT2D eigenvalue weighted by Crippen LogP contribution is -2.53. The second kappa shape index (κ2) is 65.0. The lowest BCUT2D eigenvalue weighted by Gasteiger charge is -2.40. The van der Waals surface area contributed by atoms with Gasteiger partial charge in [0.05, 0.1) is 54.7 Å². The Morgan fingerprint density at radius 2 is 0.707 bits per heavy atom. The fourth-order valence-electron chi connectivity index (χ4n) is 19.5. The highest BCUT2D eigenvalue weighted by molar-refractivity contribution is 6.40. The van der Waals surface area contributed by atoms with Gasteiger partial charge in [-0.25, -0.2) is 49.7 Å². The number of aromatic nitrogens is 2. The minimum Gasteiger partial charge on any atom is -0.444 e. The van der Waals surface area contributed by atoms with Crippen molar-refractivity contribution < 1.29 is 79.0 Å². The number of carbonyl (C=O) groups is 3. The highest BCUT2D eigenvalue weighted by Gasteiger charge is 2.41. The van der Waals surface area contributed by atoms with Crippen molar-refractivity contribution in [2.45, 2.75) is 364 Å². The summed E-state index contributed by atoms with van der Waals surface area (Å²) in [5, 5.41) is 52.2. The molecule has 836 valence electrons. The Hall–Kier alpha value is -8.20. The summed E-state index contributed by atoms with van der Waals surface area (Å²) in [5.74, 6) is -3.73. The van der Waals surface area contributed by atoms with Gasteiger partial charge >= 0.3 is 12.2 Å². The monoisotopic (exact) mass is 2220 g/mol. The van der Waals surface area contributed by atoms with Crippen molar-refractivity contribution in [3.05, 3.63) is 302 Å². The Kier molecular flexibility index (Phi) is 58.1. The molecule has 5 fully saturated rings. The summed E-state index contributed by atoms with van der Waals surface area (Å²) in [6, 6.07) is 45.6. The van der Waals surface area contributed by atoms with Crippen LogP contribution in [0.5, 0.6) is 0 Å². The van der Waals surface area contributed by atoms with Gasteiger partial charge in [0.25, 0.3) is 0 Å². The predicted molar refractivity (Wildman–Crippen MR) is 598 cm³/mol. The number of aliphatic hydroxyl groups excluding tert-OH is 3. The summed E-state index contributed by atoms with van der Waals surface area (Å²) in [4.78, 5) is 39.9. The first kappa shape index (κ1) is 134. The molecule has 3 amide bonds. The Morgan fingerprint density at radius 3 is 0.987 bits per heavy atom. The van der Waals surface area contributed by atoms with Gasteiger partial charge in [-0.1, -0.05) is 230 Å². The van der Waals surface area contributed by atoms with E-state index in [2.05, 4.69) is 189 Å². The van der Waals surface area contributed by atoms with Crippen molar-refractivity contribution in [2.24, 2.45) is 18.5 Å².